The molecule has 10 heteroatoms. The van der Waals surface area contributed by atoms with Crippen molar-refractivity contribution < 1.29 is 23.8 Å². The number of methoxy groups -OCH3 is 1. The number of hydrogen-bond donors (Lipinski definition) is 3. The van der Waals surface area contributed by atoms with Gasteiger partial charge in [-0.05, 0) is 51.0 Å². The summed E-state index contributed by atoms with van der Waals surface area (Å²) in [6.45, 7) is 7.05. The van der Waals surface area contributed by atoms with E-state index in [1.165, 1.54) is 7.11 Å². The number of anilines is 2. The van der Waals surface area contributed by atoms with Gasteiger partial charge in [0.2, 0.25) is 5.88 Å². The zero-order valence-corrected chi connectivity index (χ0v) is 20.6. The number of pyridine rings is 1. The second-order valence-corrected chi connectivity index (χ2v) is 9.02. The van der Waals surface area contributed by atoms with E-state index in [0.29, 0.717) is 37.7 Å². The first kappa shape index (κ1) is 24.9. The Balaban J connectivity index is 1.45. The van der Waals surface area contributed by atoms with Crippen LogP contribution in [0.3, 0.4) is 0 Å². The molecule has 0 saturated carbocycles. The number of benzene rings is 1. The molecule has 1 fully saturated rings. The molecule has 2 atom stereocenters. The third-order valence-corrected chi connectivity index (χ3v) is 6.19. The SMILES string of the molecule is CCOC(=O)CN1CC[C@@](OC)(C(=O)Nc2ccc3c(c2)C(c2ccc(OC(C)C)nc2)NN3)C1. The molecule has 3 heterocycles. The van der Waals surface area contributed by atoms with E-state index in [1.54, 1.807) is 13.1 Å². The Morgan fingerprint density at radius 2 is 2.11 bits per heavy atom. The standard InChI is InChI=1S/C25H33N5O5/c1-5-34-22(31)14-30-11-10-25(15-30,33-4)24(32)27-18-7-8-20-19(12-18)23(29-28-20)17-6-9-21(26-13-17)35-16(2)3/h6-9,12-13,16,23,28-29H,5,10-11,14-15H2,1-4H3,(H,27,32)/t23?,25-/m0/s1. The van der Waals surface area contributed by atoms with Gasteiger partial charge in [0.05, 0.1) is 31.0 Å². The predicted octanol–water partition coefficient (Wildman–Crippen LogP) is 2.48. The average molecular weight is 484 g/mol. The summed E-state index contributed by atoms with van der Waals surface area (Å²) in [7, 11) is 1.53. The first-order valence-corrected chi connectivity index (χ1v) is 11.9. The van der Waals surface area contributed by atoms with Crippen LogP contribution in [0.15, 0.2) is 36.5 Å². The van der Waals surface area contributed by atoms with Crippen LogP contribution in [-0.4, -0.2) is 66.8 Å². The molecule has 188 valence electrons. The van der Waals surface area contributed by atoms with Crippen molar-refractivity contribution in [2.45, 2.75) is 44.9 Å². The van der Waals surface area contributed by atoms with Crippen LogP contribution in [0, 0.1) is 0 Å². The number of ether oxygens (including phenoxy) is 3. The van der Waals surface area contributed by atoms with Gasteiger partial charge in [-0.1, -0.05) is 6.07 Å². The quantitative estimate of drug-likeness (QED) is 0.463. The van der Waals surface area contributed by atoms with Gasteiger partial charge in [-0.15, -0.1) is 0 Å². The summed E-state index contributed by atoms with van der Waals surface area (Å²) >= 11 is 0. The molecule has 1 unspecified atom stereocenters. The highest BCUT2D eigenvalue weighted by Crippen LogP contribution is 2.36. The molecule has 10 nitrogen and oxygen atoms in total. The van der Waals surface area contributed by atoms with Crippen LogP contribution in [0.4, 0.5) is 11.4 Å². The minimum Gasteiger partial charge on any atom is -0.475 e. The molecule has 0 spiro atoms. The maximum atomic E-state index is 13.3. The van der Waals surface area contributed by atoms with Crippen LogP contribution in [0.2, 0.25) is 0 Å². The van der Waals surface area contributed by atoms with E-state index in [1.807, 2.05) is 49.1 Å². The Hall–Kier alpha value is -3.21. The lowest BCUT2D eigenvalue weighted by molar-refractivity contribution is -0.145. The van der Waals surface area contributed by atoms with E-state index < -0.39 is 5.60 Å². The minimum absolute atomic E-state index is 0.0546. The van der Waals surface area contributed by atoms with Gasteiger partial charge in [-0.25, -0.2) is 10.4 Å². The summed E-state index contributed by atoms with van der Waals surface area (Å²) in [5.41, 5.74) is 8.98. The van der Waals surface area contributed by atoms with Crippen molar-refractivity contribution in [1.82, 2.24) is 15.3 Å². The topological polar surface area (TPSA) is 114 Å². The number of nitrogens with zero attached hydrogens (tertiary/aromatic N) is 2. The molecule has 1 amide bonds. The number of likely N-dealkylation sites (tertiary alicyclic amines) is 1. The molecule has 2 aromatic rings. The predicted molar refractivity (Wildman–Crippen MR) is 131 cm³/mol. The Labute approximate surface area is 205 Å². The highest BCUT2D eigenvalue weighted by Gasteiger charge is 2.45. The van der Waals surface area contributed by atoms with E-state index >= 15 is 0 Å². The number of carbonyl (C=O) groups is 2. The molecule has 1 aromatic heterocycles. The van der Waals surface area contributed by atoms with Crippen molar-refractivity contribution >= 4 is 23.3 Å². The van der Waals surface area contributed by atoms with Crippen molar-refractivity contribution in [3.63, 3.8) is 0 Å². The van der Waals surface area contributed by atoms with Gasteiger partial charge >= 0.3 is 5.97 Å². The molecule has 4 rings (SSSR count). The Bertz CT molecular complexity index is 1060. The highest BCUT2D eigenvalue weighted by atomic mass is 16.5. The summed E-state index contributed by atoms with van der Waals surface area (Å²) in [4.78, 5) is 31.4. The number of rotatable bonds is 9. The zero-order valence-electron chi connectivity index (χ0n) is 20.6. The summed E-state index contributed by atoms with van der Waals surface area (Å²) in [6, 6.07) is 9.40. The second kappa shape index (κ2) is 10.6. The van der Waals surface area contributed by atoms with E-state index in [9.17, 15) is 9.59 Å². The minimum atomic E-state index is -1.03. The lowest BCUT2D eigenvalue weighted by Gasteiger charge is -2.26. The number of fused-ring (bicyclic) bond motifs is 1. The number of hydrogen-bond acceptors (Lipinski definition) is 9. The fourth-order valence-electron chi connectivity index (χ4n) is 4.43. The van der Waals surface area contributed by atoms with Gasteiger partial charge in [-0.3, -0.25) is 14.5 Å². The van der Waals surface area contributed by atoms with Crippen molar-refractivity contribution in [2.24, 2.45) is 0 Å². The molecule has 1 saturated heterocycles. The van der Waals surface area contributed by atoms with Gasteiger partial charge < -0.3 is 25.0 Å². The van der Waals surface area contributed by atoms with Crippen molar-refractivity contribution in [2.75, 3.05) is 44.1 Å². The second-order valence-electron chi connectivity index (χ2n) is 9.02. The fraction of sp³-hybridized carbons (Fsp3) is 0.480. The summed E-state index contributed by atoms with van der Waals surface area (Å²) in [6.07, 6.45) is 2.33. The largest absolute Gasteiger partial charge is 0.475 e. The van der Waals surface area contributed by atoms with Crippen molar-refractivity contribution in [3.8, 4) is 5.88 Å². The molecule has 35 heavy (non-hydrogen) atoms. The molecule has 2 aliphatic rings. The number of carbonyl (C=O) groups excluding carboxylic acids is 2. The molecule has 0 aliphatic carbocycles. The fourth-order valence-corrected chi connectivity index (χ4v) is 4.43. The van der Waals surface area contributed by atoms with Gasteiger partial charge in [0.15, 0.2) is 5.60 Å². The van der Waals surface area contributed by atoms with Crippen LogP contribution in [0.5, 0.6) is 5.88 Å². The Morgan fingerprint density at radius 3 is 2.80 bits per heavy atom. The van der Waals surface area contributed by atoms with Gasteiger partial charge in [0.1, 0.15) is 0 Å². The smallest absolute Gasteiger partial charge is 0.320 e. The van der Waals surface area contributed by atoms with E-state index in [2.05, 4.69) is 21.2 Å². The Kier molecular flexibility index (Phi) is 7.54. The van der Waals surface area contributed by atoms with E-state index in [0.717, 1.165) is 16.8 Å². The third kappa shape index (κ3) is 5.55. The number of aromatic nitrogens is 1. The molecular formula is C25H33N5O5. The summed E-state index contributed by atoms with van der Waals surface area (Å²) < 4.78 is 16.3. The average Bonchev–Trinajstić information content (AvgIpc) is 3.44. The van der Waals surface area contributed by atoms with E-state index in [4.69, 9.17) is 14.2 Å². The number of hydrazine groups is 1. The first-order chi connectivity index (χ1) is 16.8. The lowest BCUT2D eigenvalue weighted by Crippen LogP contribution is -2.47. The molecule has 0 bridgehead atoms. The van der Waals surface area contributed by atoms with E-state index in [-0.39, 0.29) is 30.6 Å². The maximum Gasteiger partial charge on any atom is 0.320 e. The van der Waals surface area contributed by atoms with Crippen LogP contribution >= 0.6 is 0 Å². The normalized spacial score (nSPS) is 21.5. The van der Waals surface area contributed by atoms with Crippen LogP contribution in [0.1, 0.15) is 44.4 Å². The Morgan fingerprint density at radius 1 is 1.29 bits per heavy atom. The van der Waals surface area contributed by atoms with Crippen LogP contribution in [0.25, 0.3) is 0 Å². The highest BCUT2D eigenvalue weighted by molar-refractivity contribution is 5.98. The van der Waals surface area contributed by atoms with Gasteiger partial charge in [0.25, 0.3) is 5.91 Å². The number of nitrogens with one attached hydrogen (secondary N) is 3. The van der Waals surface area contributed by atoms with Crippen LogP contribution < -0.4 is 20.9 Å². The van der Waals surface area contributed by atoms with Crippen molar-refractivity contribution in [3.05, 3.63) is 47.7 Å². The molecule has 1 aromatic carbocycles. The first-order valence-electron chi connectivity index (χ1n) is 11.9. The van der Waals surface area contributed by atoms with Gasteiger partial charge in [0, 0.05) is 43.7 Å². The molecule has 0 radical (unpaired) electrons. The summed E-state index contributed by atoms with van der Waals surface area (Å²) in [5, 5.41) is 3.01. The lowest BCUT2D eigenvalue weighted by atomic mass is 9.99. The van der Waals surface area contributed by atoms with Crippen LogP contribution in [-0.2, 0) is 19.1 Å². The maximum absolute atomic E-state index is 13.3. The number of esters is 1. The zero-order chi connectivity index (χ0) is 25.0. The molecule has 3 N–H and O–H groups in total. The molecular weight excluding hydrogens is 450 g/mol. The van der Waals surface area contributed by atoms with Crippen molar-refractivity contribution in [1.29, 1.82) is 0 Å². The third-order valence-electron chi connectivity index (χ3n) is 6.19. The molecule has 2 aliphatic heterocycles. The van der Waals surface area contributed by atoms with Gasteiger partial charge in [-0.2, -0.15) is 0 Å². The number of amides is 1. The monoisotopic (exact) mass is 483 g/mol. The summed E-state index contributed by atoms with van der Waals surface area (Å²) in [5.74, 6) is 0.0377.